The Bertz CT molecular complexity index is 1670. The molecule has 0 radical (unpaired) electrons. The summed E-state index contributed by atoms with van der Waals surface area (Å²) < 4.78 is 124. The van der Waals surface area contributed by atoms with E-state index in [1.165, 1.54) is 23.1 Å². The number of carboxylic acid groups (broad SMARTS) is 1. The molecule has 2 unspecified atom stereocenters. The van der Waals surface area contributed by atoms with Crippen molar-refractivity contribution >= 4 is 33.3 Å². The monoisotopic (exact) mass is 697 g/mol. The van der Waals surface area contributed by atoms with Crippen LogP contribution in [0.4, 0.5) is 30.7 Å². The van der Waals surface area contributed by atoms with Crippen molar-refractivity contribution in [2.24, 2.45) is 11.3 Å². The van der Waals surface area contributed by atoms with Gasteiger partial charge in [-0.3, -0.25) is 9.59 Å². The van der Waals surface area contributed by atoms with Crippen LogP contribution in [0.2, 0.25) is 5.02 Å². The molecule has 46 heavy (non-hydrogen) atoms. The summed E-state index contributed by atoms with van der Waals surface area (Å²) in [6, 6.07) is 4.46. The Balaban J connectivity index is 1.63. The van der Waals surface area contributed by atoms with E-state index < -0.39 is 67.4 Å². The van der Waals surface area contributed by atoms with Gasteiger partial charge in [0.1, 0.15) is 4.75 Å². The standard InChI is InChI=1S/C31H31ClF7NO5S/c1-17-3-6-21(16-23(17)32)46(44,45)28-13-14-40(25(41)18-9-11-27(2,12-10-18)26(42)43)24(28)8-4-19-15-20(5-7-22(19)28)29(33,30(34,35)36)31(37,38)39/h3,5-7,15-16,18,24H,4,8-14H2,1-2H3,(H,42,43). The molecule has 5 rings (SSSR count). The fraction of sp³-hybridized carbons (Fsp3) is 0.548. The zero-order valence-corrected chi connectivity index (χ0v) is 26.3. The molecule has 2 aromatic rings. The molecule has 1 N–H and O–H groups in total. The Hall–Kier alpha value is -2.87. The van der Waals surface area contributed by atoms with Crippen molar-refractivity contribution < 1.29 is 53.8 Å². The van der Waals surface area contributed by atoms with Gasteiger partial charge in [0.2, 0.25) is 5.91 Å². The molecule has 2 atom stereocenters. The molecular formula is C31H31ClF7NO5S. The lowest BCUT2D eigenvalue weighted by molar-refractivity contribution is -0.348. The third-order valence-corrected chi connectivity index (χ3v) is 13.2. The summed E-state index contributed by atoms with van der Waals surface area (Å²) in [5.41, 5.74) is -8.19. The van der Waals surface area contributed by atoms with Crippen LogP contribution in [0.3, 0.4) is 0 Å². The lowest BCUT2D eigenvalue weighted by Crippen LogP contribution is -2.54. The van der Waals surface area contributed by atoms with Gasteiger partial charge in [-0.1, -0.05) is 35.9 Å². The highest BCUT2D eigenvalue weighted by atomic mass is 35.5. The molecule has 15 heteroatoms. The Morgan fingerprint density at radius 2 is 1.54 bits per heavy atom. The predicted octanol–water partition coefficient (Wildman–Crippen LogP) is 7.44. The maximum Gasteiger partial charge on any atom is 0.435 e. The number of hydrogen-bond donors (Lipinski definition) is 1. The van der Waals surface area contributed by atoms with Crippen molar-refractivity contribution in [2.45, 2.75) is 92.5 Å². The van der Waals surface area contributed by atoms with Gasteiger partial charge in [-0.05, 0) is 87.6 Å². The number of aliphatic carboxylic acids is 1. The van der Waals surface area contributed by atoms with Gasteiger partial charge in [-0.15, -0.1) is 0 Å². The fourth-order valence-electron chi connectivity index (χ4n) is 7.40. The second kappa shape index (κ2) is 11.1. The van der Waals surface area contributed by atoms with Crippen LogP contribution >= 0.6 is 11.6 Å². The summed E-state index contributed by atoms with van der Waals surface area (Å²) in [5, 5.41) is 9.69. The molecule has 2 aromatic carbocycles. The average Bonchev–Trinajstić information content (AvgIpc) is 3.38. The van der Waals surface area contributed by atoms with Gasteiger partial charge in [0.25, 0.3) is 0 Å². The molecule has 1 heterocycles. The summed E-state index contributed by atoms with van der Waals surface area (Å²) in [6.45, 7) is 3.14. The third kappa shape index (κ3) is 5.00. The van der Waals surface area contributed by atoms with Gasteiger partial charge in [-0.25, -0.2) is 12.8 Å². The lowest BCUT2D eigenvalue weighted by atomic mass is 9.71. The first-order valence-electron chi connectivity index (χ1n) is 14.6. The number of likely N-dealkylation sites (tertiary alicyclic amines) is 1. The molecule has 252 valence electrons. The highest BCUT2D eigenvalue weighted by Gasteiger charge is 2.74. The van der Waals surface area contributed by atoms with E-state index in [2.05, 4.69) is 0 Å². The number of alkyl halides is 7. The Labute approximate surface area is 265 Å². The Morgan fingerprint density at radius 1 is 0.935 bits per heavy atom. The van der Waals surface area contributed by atoms with Crippen LogP contribution in [0, 0.1) is 18.3 Å². The van der Waals surface area contributed by atoms with Gasteiger partial charge in [0, 0.05) is 23.0 Å². The van der Waals surface area contributed by atoms with E-state index in [1.54, 1.807) is 13.8 Å². The van der Waals surface area contributed by atoms with Crippen molar-refractivity contribution in [2.75, 3.05) is 6.54 Å². The van der Waals surface area contributed by atoms with Crippen molar-refractivity contribution in [3.05, 3.63) is 63.7 Å². The van der Waals surface area contributed by atoms with E-state index in [1.807, 2.05) is 0 Å². The zero-order valence-electron chi connectivity index (χ0n) is 24.7. The molecule has 2 fully saturated rings. The summed E-state index contributed by atoms with van der Waals surface area (Å²) in [6.07, 6.45) is -12.4. The molecule has 1 amide bonds. The molecule has 1 aliphatic heterocycles. The minimum Gasteiger partial charge on any atom is -0.481 e. The molecule has 0 aromatic heterocycles. The van der Waals surface area contributed by atoms with E-state index in [4.69, 9.17) is 11.6 Å². The van der Waals surface area contributed by atoms with Crippen LogP contribution in [-0.4, -0.2) is 55.2 Å². The van der Waals surface area contributed by atoms with Crippen molar-refractivity contribution in [3.8, 4) is 0 Å². The van der Waals surface area contributed by atoms with Crippen molar-refractivity contribution in [1.29, 1.82) is 0 Å². The maximum absolute atomic E-state index is 15.1. The second-order valence-corrected chi connectivity index (χ2v) is 15.4. The molecule has 0 bridgehead atoms. The topological polar surface area (TPSA) is 91.8 Å². The number of amides is 1. The Morgan fingerprint density at radius 3 is 2.09 bits per heavy atom. The normalized spacial score (nSPS) is 27.2. The number of hydrogen-bond acceptors (Lipinski definition) is 4. The molecule has 2 aliphatic carbocycles. The van der Waals surface area contributed by atoms with Gasteiger partial charge >= 0.3 is 24.0 Å². The zero-order chi connectivity index (χ0) is 34.3. The quantitative estimate of drug-likeness (QED) is 0.328. The first-order valence-corrected chi connectivity index (χ1v) is 16.5. The van der Waals surface area contributed by atoms with Crippen molar-refractivity contribution in [3.63, 3.8) is 0 Å². The van der Waals surface area contributed by atoms with Crippen LogP contribution < -0.4 is 0 Å². The summed E-state index contributed by atoms with van der Waals surface area (Å²) in [4.78, 5) is 26.8. The van der Waals surface area contributed by atoms with Gasteiger partial charge in [-0.2, -0.15) is 26.3 Å². The predicted molar refractivity (Wildman–Crippen MR) is 153 cm³/mol. The number of rotatable bonds is 5. The SMILES string of the molecule is Cc1ccc(S(=O)(=O)C23CCN(C(=O)C4CCC(C)(C(=O)O)CC4)C2CCc2cc(C(F)(C(F)(F)F)C(F)(F)F)ccc23)cc1Cl. The maximum atomic E-state index is 15.1. The molecule has 0 spiro atoms. The highest BCUT2D eigenvalue weighted by Crippen LogP contribution is 2.57. The summed E-state index contributed by atoms with van der Waals surface area (Å²) in [5.74, 6) is -1.99. The van der Waals surface area contributed by atoms with E-state index in [-0.39, 0.29) is 72.5 Å². The summed E-state index contributed by atoms with van der Waals surface area (Å²) in [7, 11) is -4.54. The van der Waals surface area contributed by atoms with Gasteiger partial charge < -0.3 is 10.0 Å². The molecule has 3 aliphatic rings. The molecular weight excluding hydrogens is 667 g/mol. The third-order valence-electron chi connectivity index (χ3n) is 10.2. The van der Waals surface area contributed by atoms with E-state index >= 15 is 4.39 Å². The number of fused-ring (bicyclic) bond motifs is 3. The first kappa shape index (κ1) is 34.5. The minimum absolute atomic E-state index is 0.0889. The largest absolute Gasteiger partial charge is 0.481 e. The highest BCUT2D eigenvalue weighted by molar-refractivity contribution is 7.92. The van der Waals surface area contributed by atoms with Crippen LogP contribution in [0.15, 0.2) is 41.3 Å². The van der Waals surface area contributed by atoms with E-state index in [9.17, 15) is 49.5 Å². The smallest absolute Gasteiger partial charge is 0.435 e. The number of carbonyl (C=O) groups is 2. The molecule has 6 nitrogen and oxygen atoms in total. The van der Waals surface area contributed by atoms with Crippen LogP contribution in [-0.2, 0) is 36.3 Å². The number of benzene rings is 2. The number of carbonyl (C=O) groups excluding carboxylic acids is 1. The number of aryl methyl sites for hydroxylation is 2. The first-order chi connectivity index (χ1) is 21.1. The molecule has 1 saturated carbocycles. The Kier molecular flexibility index (Phi) is 8.32. The van der Waals surface area contributed by atoms with Gasteiger partial charge in [0.15, 0.2) is 9.84 Å². The molecule has 1 saturated heterocycles. The van der Waals surface area contributed by atoms with E-state index in [0.717, 1.165) is 6.07 Å². The average molecular weight is 698 g/mol. The second-order valence-electron chi connectivity index (χ2n) is 12.8. The number of nitrogens with zero attached hydrogens (tertiary/aromatic N) is 1. The minimum atomic E-state index is -6.35. The van der Waals surface area contributed by atoms with Crippen LogP contribution in [0.25, 0.3) is 0 Å². The van der Waals surface area contributed by atoms with Crippen LogP contribution in [0.5, 0.6) is 0 Å². The van der Waals surface area contributed by atoms with Crippen molar-refractivity contribution in [1.82, 2.24) is 4.90 Å². The fourth-order valence-corrected chi connectivity index (χ4v) is 10.0. The number of sulfone groups is 1. The lowest BCUT2D eigenvalue weighted by Gasteiger charge is -2.44. The van der Waals surface area contributed by atoms with E-state index in [0.29, 0.717) is 17.7 Å². The van der Waals surface area contributed by atoms with Crippen LogP contribution in [0.1, 0.15) is 67.7 Å². The number of halogens is 8. The number of carboxylic acids is 1. The van der Waals surface area contributed by atoms with Gasteiger partial charge in [0.05, 0.1) is 16.4 Å². The summed E-state index contributed by atoms with van der Waals surface area (Å²) >= 11 is 6.26.